The van der Waals surface area contributed by atoms with Crippen LogP contribution in [-0.4, -0.2) is 19.1 Å². The van der Waals surface area contributed by atoms with Gasteiger partial charge in [-0.2, -0.15) is 0 Å². The number of aromatic nitrogens is 1. The van der Waals surface area contributed by atoms with Crippen LogP contribution in [0.3, 0.4) is 0 Å². The van der Waals surface area contributed by atoms with Crippen molar-refractivity contribution < 1.29 is 4.74 Å². The van der Waals surface area contributed by atoms with E-state index in [0.29, 0.717) is 5.02 Å². The standard InChI is InChI=1S/C14H15ClN2O/c1-16-14(10-4-3-7-17-9-10)12-6-5-11(18-2)8-13(12)15/h3-9,14,16H,1-2H3. The monoisotopic (exact) mass is 262 g/mol. The molecule has 1 aromatic heterocycles. The molecule has 0 saturated carbocycles. The van der Waals surface area contributed by atoms with Crippen molar-refractivity contribution in [1.29, 1.82) is 0 Å². The third kappa shape index (κ3) is 2.63. The highest BCUT2D eigenvalue weighted by atomic mass is 35.5. The van der Waals surface area contributed by atoms with Crippen LogP contribution >= 0.6 is 11.6 Å². The second-order valence-electron chi connectivity index (χ2n) is 3.90. The van der Waals surface area contributed by atoms with E-state index < -0.39 is 0 Å². The SMILES string of the molecule is CNC(c1cccnc1)c1ccc(OC)cc1Cl. The number of benzene rings is 1. The van der Waals surface area contributed by atoms with Crippen molar-refractivity contribution in [2.45, 2.75) is 6.04 Å². The lowest BCUT2D eigenvalue weighted by molar-refractivity contribution is 0.414. The number of halogens is 1. The molecule has 0 aliphatic rings. The average molecular weight is 263 g/mol. The predicted octanol–water partition coefficient (Wildman–Crippen LogP) is 3.05. The van der Waals surface area contributed by atoms with E-state index in [1.807, 2.05) is 43.6 Å². The molecule has 94 valence electrons. The van der Waals surface area contributed by atoms with E-state index in [4.69, 9.17) is 16.3 Å². The largest absolute Gasteiger partial charge is 0.497 e. The molecular formula is C14H15ClN2O. The van der Waals surface area contributed by atoms with Crippen LogP contribution in [0, 0.1) is 0 Å². The molecule has 18 heavy (non-hydrogen) atoms. The van der Waals surface area contributed by atoms with Gasteiger partial charge in [0.2, 0.25) is 0 Å². The van der Waals surface area contributed by atoms with Crippen LogP contribution in [0.25, 0.3) is 0 Å². The van der Waals surface area contributed by atoms with E-state index in [-0.39, 0.29) is 6.04 Å². The smallest absolute Gasteiger partial charge is 0.120 e. The molecule has 0 radical (unpaired) electrons. The van der Waals surface area contributed by atoms with Gasteiger partial charge in [0.1, 0.15) is 5.75 Å². The molecule has 0 aliphatic heterocycles. The second kappa shape index (κ2) is 5.85. The Morgan fingerprint density at radius 2 is 2.17 bits per heavy atom. The summed E-state index contributed by atoms with van der Waals surface area (Å²) in [5.74, 6) is 0.754. The predicted molar refractivity (Wildman–Crippen MR) is 73.1 cm³/mol. The lowest BCUT2D eigenvalue weighted by Crippen LogP contribution is -2.18. The van der Waals surface area contributed by atoms with Gasteiger partial charge in [0, 0.05) is 17.4 Å². The van der Waals surface area contributed by atoms with Crippen molar-refractivity contribution in [3.8, 4) is 5.75 Å². The number of nitrogens with zero attached hydrogens (tertiary/aromatic N) is 1. The fourth-order valence-electron chi connectivity index (χ4n) is 1.92. The molecule has 0 fully saturated rings. The topological polar surface area (TPSA) is 34.2 Å². The van der Waals surface area contributed by atoms with Gasteiger partial charge >= 0.3 is 0 Å². The normalized spacial score (nSPS) is 12.2. The van der Waals surface area contributed by atoms with E-state index >= 15 is 0 Å². The van der Waals surface area contributed by atoms with E-state index in [0.717, 1.165) is 16.9 Å². The van der Waals surface area contributed by atoms with Gasteiger partial charge in [-0.15, -0.1) is 0 Å². The first-order valence-corrected chi connectivity index (χ1v) is 6.04. The molecule has 1 heterocycles. The highest BCUT2D eigenvalue weighted by Crippen LogP contribution is 2.30. The summed E-state index contributed by atoms with van der Waals surface area (Å²) in [4.78, 5) is 4.13. The molecule has 1 atom stereocenters. The zero-order chi connectivity index (χ0) is 13.0. The number of hydrogen-bond donors (Lipinski definition) is 1. The molecule has 1 N–H and O–H groups in total. The molecule has 0 spiro atoms. The molecule has 2 rings (SSSR count). The zero-order valence-electron chi connectivity index (χ0n) is 10.4. The van der Waals surface area contributed by atoms with Crippen molar-refractivity contribution in [2.75, 3.05) is 14.2 Å². The fraction of sp³-hybridized carbons (Fsp3) is 0.214. The maximum Gasteiger partial charge on any atom is 0.120 e. The third-order valence-corrected chi connectivity index (χ3v) is 3.15. The molecule has 0 bridgehead atoms. The van der Waals surface area contributed by atoms with Gasteiger partial charge in [0.05, 0.1) is 13.2 Å². The van der Waals surface area contributed by atoms with E-state index in [2.05, 4.69) is 10.3 Å². The molecule has 1 aromatic carbocycles. The van der Waals surface area contributed by atoms with E-state index in [9.17, 15) is 0 Å². The van der Waals surface area contributed by atoms with Crippen LogP contribution in [-0.2, 0) is 0 Å². The zero-order valence-corrected chi connectivity index (χ0v) is 11.1. The Balaban J connectivity index is 2.39. The summed E-state index contributed by atoms with van der Waals surface area (Å²) in [5.41, 5.74) is 2.08. The molecule has 0 saturated heterocycles. The third-order valence-electron chi connectivity index (χ3n) is 2.83. The highest BCUT2D eigenvalue weighted by Gasteiger charge is 2.15. The summed E-state index contributed by atoms with van der Waals surface area (Å²) in [6.45, 7) is 0. The van der Waals surface area contributed by atoms with Crippen molar-refractivity contribution in [3.63, 3.8) is 0 Å². The maximum atomic E-state index is 6.29. The summed E-state index contributed by atoms with van der Waals surface area (Å²) in [5, 5.41) is 3.93. The van der Waals surface area contributed by atoms with Crippen molar-refractivity contribution >= 4 is 11.6 Å². The van der Waals surface area contributed by atoms with Gasteiger partial charge in [-0.3, -0.25) is 4.98 Å². The minimum atomic E-state index is 0.0251. The van der Waals surface area contributed by atoms with Gasteiger partial charge in [0.15, 0.2) is 0 Å². The number of nitrogens with one attached hydrogen (secondary N) is 1. The number of hydrogen-bond acceptors (Lipinski definition) is 3. The Labute approximate surface area is 112 Å². The Morgan fingerprint density at radius 1 is 1.33 bits per heavy atom. The fourth-order valence-corrected chi connectivity index (χ4v) is 2.20. The summed E-state index contributed by atoms with van der Waals surface area (Å²) in [7, 11) is 3.53. The van der Waals surface area contributed by atoms with Crippen molar-refractivity contribution in [3.05, 3.63) is 58.9 Å². The van der Waals surface area contributed by atoms with E-state index in [1.54, 1.807) is 13.3 Å². The lowest BCUT2D eigenvalue weighted by atomic mass is 10.0. The minimum absolute atomic E-state index is 0.0251. The number of pyridine rings is 1. The van der Waals surface area contributed by atoms with Crippen LogP contribution in [0.1, 0.15) is 17.2 Å². The average Bonchev–Trinajstić information content (AvgIpc) is 2.42. The lowest BCUT2D eigenvalue weighted by Gasteiger charge is -2.18. The van der Waals surface area contributed by atoms with Crippen LogP contribution in [0.5, 0.6) is 5.75 Å². The number of rotatable bonds is 4. The first-order chi connectivity index (χ1) is 8.76. The summed E-state index contributed by atoms with van der Waals surface area (Å²) >= 11 is 6.29. The van der Waals surface area contributed by atoms with Gasteiger partial charge in [-0.05, 0) is 36.4 Å². The Hall–Kier alpha value is -1.58. The van der Waals surface area contributed by atoms with Crippen LogP contribution in [0.15, 0.2) is 42.7 Å². The number of methoxy groups -OCH3 is 1. The van der Waals surface area contributed by atoms with Gasteiger partial charge in [0.25, 0.3) is 0 Å². The Morgan fingerprint density at radius 3 is 2.72 bits per heavy atom. The van der Waals surface area contributed by atoms with Crippen molar-refractivity contribution in [1.82, 2.24) is 10.3 Å². The molecule has 2 aromatic rings. The maximum absolute atomic E-state index is 6.29. The minimum Gasteiger partial charge on any atom is -0.497 e. The Bertz CT molecular complexity index is 516. The quantitative estimate of drug-likeness (QED) is 0.920. The molecule has 3 nitrogen and oxygen atoms in total. The molecular weight excluding hydrogens is 248 g/mol. The van der Waals surface area contributed by atoms with Gasteiger partial charge in [-0.1, -0.05) is 23.7 Å². The van der Waals surface area contributed by atoms with Crippen LogP contribution in [0.4, 0.5) is 0 Å². The summed E-state index contributed by atoms with van der Waals surface area (Å²) in [6, 6.07) is 9.65. The van der Waals surface area contributed by atoms with Gasteiger partial charge in [-0.25, -0.2) is 0 Å². The van der Waals surface area contributed by atoms with Gasteiger partial charge < -0.3 is 10.1 Å². The molecule has 1 unspecified atom stereocenters. The van der Waals surface area contributed by atoms with Crippen molar-refractivity contribution in [2.24, 2.45) is 0 Å². The van der Waals surface area contributed by atoms with E-state index in [1.165, 1.54) is 0 Å². The highest BCUT2D eigenvalue weighted by molar-refractivity contribution is 6.31. The second-order valence-corrected chi connectivity index (χ2v) is 4.30. The Kier molecular flexibility index (Phi) is 4.18. The van der Waals surface area contributed by atoms with Crippen LogP contribution in [0.2, 0.25) is 5.02 Å². The molecule has 4 heteroatoms. The summed E-state index contributed by atoms with van der Waals surface area (Å²) in [6.07, 6.45) is 3.59. The van der Waals surface area contributed by atoms with Crippen LogP contribution < -0.4 is 10.1 Å². The first kappa shape index (κ1) is 12.9. The molecule has 0 aliphatic carbocycles. The number of ether oxygens (including phenoxy) is 1. The summed E-state index contributed by atoms with van der Waals surface area (Å²) < 4.78 is 5.15. The molecule has 0 amide bonds. The first-order valence-electron chi connectivity index (χ1n) is 5.67.